The second-order valence-electron chi connectivity index (χ2n) is 4.78. The number of amides is 1. The van der Waals surface area contributed by atoms with Crippen LogP contribution in [-0.2, 0) is 11.3 Å². The number of benzene rings is 1. The average Bonchev–Trinajstić information content (AvgIpc) is 3.12. The molecule has 3 heteroatoms. The third-order valence-electron chi connectivity index (χ3n) is 3.39. The Morgan fingerprint density at radius 2 is 2.12 bits per heavy atom. The summed E-state index contributed by atoms with van der Waals surface area (Å²) in [5.74, 6) is -0.0387. The molecular formula is C14H16N2O. The molecule has 1 aromatic rings. The van der Waals surface area contributed by atoms with E-state index in [0.29, 0.717) is 19.4 Å². The second-order valence-corrected chi connectivity index (χ2v) is 4.78. The average molecular weight is 228 g/mol. The summed E-state index contributed by atoms with van der Waals surface area (Å²) in [6, 6.07) is 10.1. The quantitative estimate of drug-likeness (QED) is 0.796. The van der Waals surface area contributed by atoms with E-state index in [1.165, 1.54) is 5.56 Å². The molecule has 2 rings (SSSR count). The molecule has 0 aromatic heterocycles. The third kappa shape index (κ3) is 2.16. The van der Waals surface area contributed by atoms with Crippen molar-refractivity contribution in [2.45, 2.75) is 26.3 Å². The Kier molecular flexibility index (Phi) is 2.89. The van der Waals surface area contributed by atoms with Crippen LogP contribution in [-0.4, -0.2) is 17.9 Å². The molecule has 0 N–H and O–H groups in total. The van der Waals surface area contributed by atoms with Crippen LogP contribution in [0.3, 0.4) is 0 Å². The van der Waals surface area contributed by atoms with Crippen LogP contribution in [0.2, 0.25) is 0 Å². The Bertz CT molecular complexity index is 483. The van der Waals surface area contributed by atoms with Crippen molar-refractivity contribution in [2.75, 3.05) is 7.05 Å². The van der Waals surface area contributed by atoms with Gasteiger partial charge in [0.25, 0.3) is 0 Å². The lowest BCUT2D eigenvalue weighted by Crippen LogP contribution is -2.33. The van der Waals surface area contributed by atoms with Crippen LogP contribution in [0.1, 0.15) is 24.0 Å². The van der Waals surface area contributed by atoms with E-state index in [2.05, 4.69) is 6.07 Å². The first-order valence-corrected chi connectivity index (χ1v) is 5.80. The van der Waals surface area contributed by atoms with Gasteiger partial charge in [-0.2, -0.15) is 5.26 Å². The number of rotatable bonds is 3. The molecule has 1 aliphatic carbocycles. The maximum atomic E-state index is 12.1. The molecule has 0 spiro atoms. The minimum atomic E-state index is -0.711. The fourth-order valence-corrected chi connectivity index (χ4v) is 1.98. The smallest absolute Gasteiger partial charge is 0.243 e. The van der Waals surface area contributed by atoms with E-state index in [1.54, 1.807) is 11.9 Å². The van der Waals surface area contributed by atoms with Gasteiger partial charge in [-0.1, -0.05) is 24.3 Å². The molecule has 0 heterocycles. The maximum Gasteiger partial charge on any atom is 0.243 e. The monoisotopic (exact) mass is 228 g/mol. The summed E-state index contributed by atoms with van der Waals surface area (Å²) < 4.78 is 0. The first-order valence-electron chi connectivity index (χ1n) is 5.80. The molecule has 0 atom stereocenters. The molecule has 17 heavy (non-hydrogen) atoms. The van der Waals surface area contributed by atoms with Crippen LogP contribution in [0.5, 0.6) is 0 Å². The number of carbonyl (C=O) groups excluding carboxylic acids is 1. The van der Waals surface area contributed by atoms with Crippen LogP contribution in [0.4, 0.5) is 0 Å². The Morgan fingerprint density at radius 1 is 1.47 bits per heavy atom. The molecular weight excluding hydrogens is 212 g/mol. The van der Waals surface area contributed by atoms with Crippen LogP contribution < -0.4 is 0 Å². The van der Waals surface area contributed by atoms with Crippen molar-refractivity contribution in [3.8, 4) is 6.07 Å². The van der Waals surface area contributed by atoms with Crippen LogP contribution in [0.15, 0.2) is 24.3 Å². The summed E-state index contributed by atoms with van der Waals surface area (Å²) >= 11 is 0. The molecule has 3 nitrogen and oxygen atoms in total. The zero-order valence-corrected chi connectivity index (χ0v) is 10.2. The highest BCUT2D eigenvalue weighted by molar-refractivity contribution is 5.88. The predicted octanol–water partition coefficient (Wildman–Crippen LogP) is 2.26. The molecule has 0 saturated heterocycles. The van der Waals surface area contributed by atoms with Gasteiger partial charge in [0.1, 0.15) is 5.41 Å². The van der Waals surface area contributed by atoms with Crippen molar-refractivity contribution in [3.05, 3.63) is 35.4 Å². The van der Waals surface area contributed by atoms with E-state index < -0.39 is 5.41 Å². The van der Waals surface area contributed by atoms with E-state index in [0.717, 1.165) is 5.56 Å². The highest BCUT2D eigenvalue weighted by Gasteiger charge is 2.51. The molecule has 1 fully saturated rings. The first kappa shape index (κ1) is 11.7. The normalized spacial score (nSPS) is 16.1. The minimum Gasteiger partial charge on any atom is -0.340 e. The lowest BCUT2D eigenvalue weighted by Gasteiger charge is -2.20. The summed E-state index contributed by atoms with van der Waals surface area (Å²) in [7, 11) is 1.77. The molecule has 1 aromatic carbocycles. The van der Waals surface area contributed by atoms with E-state index >= 15 is 0 Å². The van der Waals surface area contributed by atoms with Gasteiger partial charge in [0, 0.05) is 13.6 Å². The van der Waals surface area contributed by atoms with Gasteiger partial charge < -0.3 is 4.90 Å². The summed E-state index contributed by atoms with van der Waals surface area (Å²) in [5.41, 5.74) is 1.60. The van der Waals surface area contributed by atoms with E-state index in [9.17, 15) is 4.79 Å². The number of aryl methyl sites for hydroxylation is 1. The number of nitrogens with zero attached hydrogens (tertiary/aromatic N) is 2. The van der Waals surface area contributed by atoms with Gasteiger partial charge >= 0.3 is 0 Å². The maximum absolute atomic E-state index is 12.1. The highest BCUT2D eigenvalue weighted by Crippen LogP contribution is 2.46. The molecule has 0 unspecified atom stereocenters. The largest absolute Gasteiger partial charge is 0.340 e. The van der Waals surface area contributed by atoms with Crippen LogP contribution in [0.25, 0.3) is 0 Å². The number of hydrogen-bond donors (Lipinski definition) is 0. The summed E-state index contributed by atoms with van der Waals surface area (Å²) in [6.45, 7) is 2.61. The lowest BCUT2D eigenvalue weighted by atomic mass is 10.1. The van der Waals surface area contributed by atoms with E-state index in [-0.39, 0.29) is 5.91 Å². The van der Waals surface area contributed by atoms with Crippen molar-refractivity contribution >= 4 is 5.91 Å². The summed E-state index contributed by atoms with van der Waals surface area (Å²) in [6.07, 6.45) is 1.42. The zero-order valence-electron chi connectivity index (χ0n) is 10.2. The Hall–Kier alpha value is -1.82. The van der Waals surface area contributed by atoms with Crippen molar-refractivity contribution in [1.29, 1.82) is 5.26 Å². The summed E-state index contributed by atoms with van der Waals surface area (Å²) in [5, 5.41) is 9.00. The Morgan fingerprint density at radius 3 is 2.65 bits per heavy atom. The highest BCUT2D eigenvalue weighted by atomic mass is 16.2. The van der Waals surface area contributed by atoms with Gasteiger partial charge in [0.05, 0.1) is 6.07 Å². The third-order valence-corrected chi connectivity index (χ3v) is 3.39. The number of hydrogen-bond acceptors (Lipinski definition) is 2. The predicted molar refractivity (Wildman–Crippen MR) is 64.9 cm³/mol. The second kappa shape index (κ2) is 4.21. The molecule has 88 valence electrons. The van der Waals surface area contributed by atoms with Crippen molar-refractivity contribution in [1.82, 2.24) is 4.90 Å². The Labute approximate surface area is 102 Å². The molecule has 0 aliphatic heterocycles. The van der Waals surface area contributed by atoms with Crippen molar-refractivity contribution < 1.29 is 4.79 Å². The van der Waals surface area contributed by atoms with Gasteiger partial charge in [0.2, 0.25) is 5.91 Å². The van der Waals surface area contributed by atoms with Gasteiger partial charge in [-0.05, 0) is 30.9 Å². The SMILES string of the molecule is Cc1ccccc1CN(C)C(=O)C1(C#N)CC1. The molecule has 0 radical (unpaired) electrons. The topological polar surface area (TPSA) is 44.1 Å². The molecule has 0 bridgehead atoms. The van der Waals surface area contributed by atoms with Gasteiger partial charge in [0.15, 0.2) is 0 Å². The number of carbonyl (C=O) groups is 1. The Balaban J connectivity index is 2.08. The van der Waals surface area contributed by atoms with Gasteiger partial charge in [-0.15, -0.1) is 0 Å². The van der Waals surface area contributed by atoms with E-state index in [1.807, 2.05) is 31.2 Å². The molecule has 1 saturated carbocycles. The summed E-state index contributed by atoms with van der Waals surface area (Å²) in [4.78, 5) is 13.7. The van der Waals surface area contributed by atoms with Gasteiger partial charge in [-0.3, -0.25) is 4.79 Å². The fraction of sp³-hybridized carbons (Fsp3) is 0.429. The minimum absolute atomic E-state index is 0.0387. The van der Waals surface area contributed by atoms with E-state index in [4.69, 9.17) is 5.26 Å². The number of nitriles is 1. The fourth-order valence-electron chi connectivity index (χ4n) is 1.98. The standard InChI is InChI=1S/C14H16N2O/c1-11-5-3-4-6-12(11)9-16(2)13(17)14(10-15)7-8-14/h3-6H,7-9H2,1-2H3. The molecule has 1 amide bonds. The van der Waals surface area contributed by atoms with Crippen molar-refractivity contribution in [3.63, 3.8) is 0 Å². The first-order chi connectivity index (χ1) is 8.09. The lowest BCUT2D eigenvalue weighted by molar-refractivity contribution is -0.134. The van der Waals surface area contributed by atoms with Crippen molar-refractivity contribution in [2.24, 2.45) is 5.41 Å². The van der Waals surface area contributed by atoms with Crippen LogP contribution >= 0.6 is 0 Å². The zero-order chi connectivity index (χ0) is 12.5. The van der Waals surface area contributed by atoms with Crippen LogP contribution in [0, 0.1) is 23.7 Å². The molecule has 1 aliphatic rings. The van der Waals surface area contributed by atoms with Gasteiger partial charge in [-0.25, -0.2) is 0 Å².